The topological polar surface area (TPSA) is 20.2 Å². The van der Waals surface area contributed by atoms with Crippen LogP contribution >= 0.6 is 15.9 Å². The van der Waals surface area contributed by atoms with Gasteiger partial charge in [0, 0.05) is 11.1 Å². The van der Waals surface area contributed by atoms with Crippen LogP contribution in [0.3, 0.4) is 0 Å². The maximum Gasteiger partial charge on any atom is 0.0471 e. The number of benzene rings is 1. The summed E-state index contributed by atoms with van der Waals surface area (Å²) in [6, 6.07) is 0. The average molecular weight is 269 g/mol. The van der Waals surface area contributed by atoms with E-state index in [1.807, 2.05) is 0 Å². The smallest absolute Gasteiger partial charge is 0.0471 e. The number of halogens is 1. The molecule has 82 valence electrons. The van der Waals surface area contributed by atoms with Crippen molar-refractivity contribution in [3.8, 4) is 0 Å². The Morgan fingerprint density at radius 3 is 2.47 bits per heavy atom. The Balaban J connectivity index is 2.62. The van der Waals surface area contributed by atoms with E-state index in [0.717, 1.165) is 6.42 Å². The molecule has 0 bridgehead atoms. The first kappa shape index (κ1) is 11.2. The van der Waals surface area contributed by atoms with Crippen LogP contribution in [0, 0.1) is 13.8 Å². The van der Waals surface area contributed by atoms with Gasteiger partial charge in [-0.3, -0.25) is 0 Å². The van der Waals surface area contributed by atoms with Crippen LogP contribution < -0.4 is 0 Å². The standard InChI is InChI=1S/C13H17BrO/c1-8-10(6-7-15)9(2)13(14)12-5-3-4-11(8)12/h15H,3-7H2,1-2H3. The Morgan fingerprint density at radius 1 is 1.13 bits per heavy atom. The van der Waals surface area contributed by atoms with Gasteiger partial charge in [0.05, 0.1) is 0 Å². The van der Waals surface area contributed by atoms with Gasteiger partial charge in [0.25, 0.3) is 0 Å². The molecule has 0 aromatic heterocycles. The Labute approximate surface area is 99.6 Å². The SMILES string of the molecule is Cc1c(Br)c2c(c(C)c1CCO)CCC2. The normalized spacial score (nSPS) is 14.4. The van der Waals surface area contributed by atoms with Crippen molar-refractivity contribution >= 4 is 15.9 Å². The van der Waals surface area contributed by atoms with Crippen molar-refractivity contribution in [2.75, 3.05) is 6.61 Å². The molecule has 0 saturated heterocycles. The summed E-state index contributed by atoms with van der Waals surface area (Å²) in [5.74, 6) is 0. The second-order valence-corrected chi connectivity index (χ2v) is 5.12. The lowest BCUT2D eigenvalue weighted by Crippen LogP contribution is -2.03. The monoisotopic (exact) mass is 268 g/mol. The van der Waals surface area contributed by atoms with Gasteiger partial charge >= 0.3 is 0 Å². The summed E-state index contributed by atoms with van der Waals surface area (Å²) in [6.45, 7) is 4.60. The molecule has 1 aromatic carbocycles. The van der Waals surface area contributed by atoms with Crippen molar-refractivity contribution in [1.29, 1.82) is 0 Å². The maximum atomic E-state index is 9.09. The summed E-state index contributed by atoms with van der Waals surface area (Å²) in [5, 5.41) is 9.09. The molecule has 0 aliphatic heterocycles. The van der Waals surface area contributed by atoms with Gasteiger partial charge in [-0.25, -0.2) is 0 Å². The minimum absolute atomic E-state index is 0.243. The molecule has 0 heterocycles. The van der Waals surface area contributed by atoms with Crippen molar-refractivity contribution < 1.29 is 5.11 Å². The third kappa shape index (κ3) is 1.74. The van der Waals surface area contributed by atoms with E-state index in [1.54, 1.807) is 0 Å². The van der Waals surface area contributed by atoms with Gasteiger partial charge in [-0.15, -0.1) is 0 Å². The summed E-state index contributed by atoms with van der Waals surface area (Å²) in [6.07, 6.45) is 4.47. The summed E-state index contributed by atoms with van der Waals surface area (Å²) in [5.41, 5.74) is 7.10. The van der Waals surface area contributed by atoms with Crippen molar-refractivity contribution in [3.05, 3.63) is 32.3 Å². The maximum absolute atomic E-state index is 9.09. The van der Waals surface area contributed by atoms with Crippen molar-refractivity contribution in [2.45, 2.75) is 39.5 Å². The molecule has 2 heteroatoms. The van der Waals surface area contributed by atoms with E-state index >= 15 is 0 Å². The number of hydrogen-bond donors (Lipinski definition) is 1. The zero-order chi connectivity index (χ0) is 11.0. The fourth-order valence-corrected chi connectivity index (χ4v) is 3.39. The average Bonchev–Trinajstić information content (AvgIpc) is 2.70. The third-order valence-corrected chi connectivity index (χ3v) is 4.61. The van der Waals surface area contributed by atoms with Crippen LogP contribution in [0.5, 0.6) is 0 Å². The Kier molecular flexibility index (Phi) is 3.17. The molecule has 0 atom stereocenters. The Morgan fingerprint density at radius 2 is 1.80 bits per heavy atom. The molecular weight excluding hydrogens is 252 g/mol. The minimum atomic E-state index is 0.243. The highest BCUT2D eigenvalue weighted by Gasteiger charge is 2.21. The molecule has 15 heavy (non-hydrogen) atoms. The van der Waals surface area contributed by atoms with Gasteiger partial charge < -0.3 is 5.11 Å². The van der Waals surface area contributed by atoms with Gasteiger partial charge in [0.1, 0.15) is 0 Å². The largest absolute Gasteiger partial charge is 0.396 e. The zero-order valence-electron chi connectivity index (χ0n) is 9.36. The highest BCUT2D eigenvalue weighted by Crippen LogP contribution is 2.37. The number of rotatable bonds is 2. The van der Waals surface area contributed by atoms with E-state index in [1.165, 1.54) is 51.6 Å². The lowest BCUT2D eigenvalue weighted by atomic mass is 9.93. The summed E-state index contributed by atoms with van der Waals surface area (Å²) in [7, 11) is 0. The van der Waals surface area contributed by atoms with Crippen LogP contribution in [0.25, 0.3) is 0 Å². The minimum Gasteiger partial charge on any atom is -0.396 e. The molecule has 0 unspecified atom stereocenters. The molecule has 1 N–H and O–H groups in total. The molecule has 0 spiro atoms. The Hall–Kier alpha value is -0.340. The van der Waals surface area contributed by atoms with E-state index < -0.39 is 0 Å². The first-order chi connectivity index (χ1) is 7.16. The molecule has 0 radical (unpaired) electrons. The molecule has 1 nitrogen and oxygen atoms in total. The van der Waals surface area contributed by atoms with E-state index in [2.05, 4.69) is 29.8 Å². The van der Waals surface area contributed by atoms with E-state index in [4.69, 9.17) is 5.11 Å². The van der Waals surface area contributed by atoms with Crippen LogP contribution in [0.15, 0.2) is 4.47 Å². The predicted octanol–water partition coefficient (Wildman–Crippen LogP) is 3.09. The van der Waals surface area contributed by atoms with Crippen LogP contribution in [0.2, 0.25) is 0 Å². The lowest BCUT2D eigenvalue weighted by Gasteiger charge is -2.16. The number of aliphatic hydroxyl groups is 1. The Bertz CT molecular complexity index is 396. The van der Waals surface area contributed by atoms with E-state index in [9.17, 15) is 0 Å². The van der Waals surface area contributed by atoms with Gasteiger partial charge in [0.15, 0.2) is 0 Å². The summed E-state index contributed by atoms with van der Waals surface area (Å²) in [4.78, 5) is 0. The molecule has 0 amide bonds. The van der Waals surface area contributed by atoms with Gasteiger partial charge in [-0.1, -0.05) is 15.9 Å². The molecule has 0 fully saturated rings. The fraction of sp³-hybridized carbons (Fsp3) is 0.538. The fourth-order valence-electron chi connectivity index (χ4n) is 2.71. The highest BCUT2D eigenvalue weighted by molar-refractivity contribution is 9.10. The predicted molar refractivity (Wildman–Crippen MR) is 66.4 cm³/mol. The number of aliphatic hydroxyl groups excluding tert-OH is 1. The second-order valence-electron chi connectivity index (χ2n) is 4.33. The molecular formula is C13H17BrO. The van der Waals surface area contributed by atoms with Crippen LogP contribution in [-0.4, -0.2) is 11.7 Å². The number of hydrogen-bond acceptors (Lipinski definition) is 1. The first-order valence-electron chi connectivity index (χ1n) is 5.57. The van der Waals surface area contributed by atoms with E-state index in [0.29, 0.717) is 0 Å². The van der Waals surface area contributed by atoms with Crippen molar-refractivity contribution in [3.63, 3.8) is 0 Å². The first-order valence-corrected chi connectivity index (χ1v) is 6.36. The van der Waals surface area contributed by atoms with Gasteiger partial charge in [0.2, 0.25) is 0 Å². The van der Waals surface area contributed by atoms with Gasteiger partial charge in [-0.2, -0.15) is 0 Å². The van der Waals surface area contributed by atoms with Crippen molar-refractivity contribution in [2.24, 2.45) is 0 Å². The van der Waals surface area contributed by atoms with Crippen LogP contribution in [0.1, 0.15) is 34.2 Å². The second kappa shape index (κ2) is 4.26. The van der Waals surface area contributed by atoms with Crippen LogP contribution in [0.4, 0.5) is 0 Å². The van der Waals surface area contributed by atoms with Crippen molar-refractivity contribution in [1.82, 2.24) is 0 Å². The van der Waals surface area contributed by atoms with Gasteiger partial charge in [-0.05, 0) is 67.3 Å². The van der Waals surface area contributed by atoms with E-state index in [-0.39, 0.29) is 6.61 Å². The highest BCUT2D eigenvalue weighted by atomic mass is 79.9. The number of fused-ring (bicyclic) bond motifs is 1. The van der Waals surface area contributed by atoms with Crippen LogP contribution in [-0.2, 0) is 19.3 Å². The lowest BCUT2D eigenvalue weighted by molar-refractivity contribution is 0.299. The molecule has 2 rings (SSSR count). The molecule has 1 aliphatic carbocycles. The molecule has 1 aliphatic rings. The third-order valence-electron chi connectivity index (χ3n) is 3.53. The summed E-state index contributed by atoms with van der Waals surface area (Å²) < 4.78 is 1.28. The summed E-state index contributed by atoms with van der Waals surface area (Å²) >= 11 is 3.70. The quantitative estimate of drug-likeness (QED) is 0.874. The molecule has 1 aromatic rings. The zero-order valence-corrected chi connectivity index (χ0v) is 10.9. The molecule has 0 saturated carbocycles.